The van der Waals surface area contributed by atoms with Crippen molar-refractivity contribution >= 4 is 64.7 Å². The smallest absolute Gasteiger partial charge is 0.246 e. The first-order valence-corrected chi connectivity index (χ1v) is 14.8. The maximum absolute atomic E-state index is 6.08. The van der Waals surface area contributed by atoms with E-state index in [-0.39, 0.29) is 0 Å². The number of para-hydroxylation sites is 2. The Hall–Kier alpha value is -5.32. The van der Waals surface area contributed by atoms with Gasteiger partial charge in [-0.2, -0.15) is 0 Å². The Morgan fingerprint density at radius 1 is 0.429 bits per heavy atom. The first-order valence-electron chi connectivity index (χ1n) is 14.0. The van der Waals surface area contributed by atoms with Crippen molar-refractivity contribution in [3.8, 4) is 33.4 Å². The fourth-order valence-electron chi connectivity index (χ4n) is 5.96. The number of aromatic nitrogens is 2. The highest BCUT2D eigenvalue weighted by Gasteiger charge is 2.14. The number of nitrogens with zero attached hydrogens (tertiary/aromatic N) is 2. The van der Waals surface area contributed by atoms with Gasteiger partial charge in [0.15, 0.2) is 0 Å². The quantitative estimate of drug-likeness (QED) is 0.218. The predicted molar refractivity (Wildman–Crippen MR) is 176 cm³/mol. The molecule has 3 heterocycles. The van der Waals surface area contributed by atoms with E-state index in [1.807, 2.05) is 41.7 Å². The van der Waals surface area contributed by atoms with Crippen molar-refractivity contribution in [2.45, 2.75) is 0 Å². The summed E-state index contributed by atoms with van der Waals surface area (Å²) in [6.07, 6.45) is 0. The molecule has 3 aromatic heterocycles. The third kappa shape index (κ3) is 3.73. The first-order chi connectivity index (χ1) is 20.8. The van der Waals surface area contributed by atoms with E-state index in [9.17, 15) is 0 Å². The molecule has 196 valence electrons. The Morgan fingerprint density at radius 3 is 1.69 bits per heavy atom. The zero-order valence-electron chi connectivity index (χ0n) is 22.4. The maximum Gasteiger partial charge on any atom is 0.246 e. The maximum atomic E-state index is 6.08. The van der Waals surface area contributed by atoms with Gasteiger partial charge in [0.05, 0.1) is 11.0 Å². The molecule has 0 saturated heterocycles. The average Bonchev–Trinajstić information content (AvgIpc) is 3.60. The summed E-state index contributed by atoms with van der Waals surface area (Å²) in [4.78, 5) is 9.59. The molecule has 0 unspecified atom stereocenters. The van der Waals surface area contributed by atoms with Crippen molar-refractivity contribution in [3.63, 3.8) is 0 Å². The monoisotopic (exact) mass is 554 g/mol. The van der Waals surface area contributed by atoms with Crippen LogP contribution in [0.5, 0.6) is 0 Å². The molecule has 0 bridgehead atoms. The second kappa shape index (κ2) is 9.10. The summed E-state index contributed by atoms with van der Waals surface area (Å²) in [5, 5.41) is 3.58. The largest absolute Gasteiger partial charge is 0.436 e. The lowest BCUT2D eigenvalue weighted by Gasteiger charge is -2.07. The second-order valence-electron chi connectivity index (χ2n) is 10.6. The van der Waals surface area contributed by atoms with Crippen molar-refractivity contribution in [1.29, 1.82) is 0 Å². The zero-order chi connectivity index (χ0) is 27.6. The van der Waals surface area contributed by atoms with Crippen LogP contribution in [0, 0.1) is 0 Å². The molecule has 0 aliphatic carbocycles. The van der Waals surface area contributed by atoms with Crippen molar-refractivity contribution in [3.05, 3.63) is 133 Å². The Bertz CT molecular complexity index is 2470. The molecule has 4 heteroatoms. The first kappa shape index (κ1) is 23.4. The van der Waals surface area contributed by atoms with E-state index in [1.165, 1.54) is 42.4 Å². The summed E-state index contributed by atoms with van der Waals surface area (Å²) in [5.41, 5.74) is 11.0. The average molecular weight is 555 g/mol. The summed E-state index contributed by atoms with van der Waals surface area (Å²) in [6, 6.07) is 47.2. The minimum Gasteiger partial charge on any atom is -0.436 e. The van der Waals surface area contributed by atoms with Gasteiger partial charge in [-0.25, -0.2) is 9.97 Å². The number of hydrogen-bond donors (Lipinski definition) is 0. The predicted octanol–water partition coefficient (Wildman–Crippen LogP) is 10.9. The van der Waals surface area contributed by atoms with Gasteiger partial charge < -0.3 is 4.42 Å². The van der Waals surface area contributed by atoms with Crippen molar-refractivity contribution in [2.24, 2.45) is 0 Å². The van der Waals surface area contributed by atoms with E-state index in [0.717, 1.165) is 38.6 Å². The number of fused-ring (bicyclic) bond motifs is 7. The van der Waals surface area contributed by atoms with Crippen LogP contribution >= 0.6 is 11.3 Å². The molecule has 42 heavy (non-hydrogen) atoms. The van der Waals surface area contributed by atoms with Crippen LogP contribution in [-0.2, 0) is 0 Å². The van der Waals surface area contributed by atoms with Crippen LogP contribution in [0.15, 0.2) is 138 Å². The molecule has 0 radical (unpaired) electrons. The molecule has 0 fully saturated rings. The second-order valence-corrected chi connectivity index (χ2v) is 11.7. The molecule has 0 spiro atoms. The van der Waals surface area contributed by atoms with Gasteiger partial charge in [-0.3, -0.25) is 0 Å². The number of furan rings is 1. The van der Waals surface area contributed by atoms with Gasteiger partial charge in [0.2, 0.25) is 5.71 Å². The van der Waals surface area contributed by atoms with Gasteiger partial charge in [0.1, 0.15) is 11.1 Å². The summed E-state index contributed by atoms with van der Waals surface area (Å²) in [7, 11) is 0. The molecule has 0 N–H and O–H groups in total. The third-order valence-corrected chi connectivity index (χ3v) is 9.24. The lowest BCUT2D eigenvalue weighted by Crippen LogP contribution is -1.84. The van der Waals surface area contributed by atoms with Gasteiger partial charge in [-0.05, 0) is 88.0 Å². The minimum atomic E-state index is 0.571. The van der Waals surface area contributed by atoms with Crippen LogP contribution < -0.4 is 0 Å². The highest BCUT2D eigenvalue weighted by atomic mass is 32.1. The zero-order valence-corrected chi connectivity index (χ0v) is 23.2. The third-order valence-electron chi connectivity index (χ3n) is 8.09. The molecule has 6 aromatic carbocycles. The lowest BCUT2D eigenvalue weighted by molar-refractivity contribution is 0.655. The normalized spacial score (nSPS) is 11.8. The van der Waals surface area contributed by atoms with Gasteiger partial charge >= 0.3 is 0 Å². The van der Waals surface area contributed by atoms with Crippen LogP contribution in [0.1, 0.15) is 0 Å². The molecule has 0 aliphatic heterocycles. The molecular weight excluding hydrogens is 532 g/mol. The SMILES string of the molecule is c1ccc(-c2ccc3sc4ccc(-c5cccc(-c6ccc7oc8nc9ccccc9nc8c7c6)c5)cc4c3c2)cc1. The highest BCUT2D eigenvalue weighted by molar-refractivity contribution is 7.25. The lowest BCUT2D eigenvalue weighted by atomic mass is 9.97. The topological polar surface area (TPSA) is 38.9 Å². The van der Waals surface area contributed by atoms with Gasteiger partial charge in [-0.1, -0.05) is 78.9 Å². The Kier molecular flexibility index (Phi) is 5.07. The fourth-order valence-corrected chi connectivity index (χ4v) is 7.03. The molecule has 0 aliphatic rings. The van der Waals surface area contributed by atoms with Crippen molar-refractivity contribution in [2.75, 3.05) is 0 Å². The molecule has 9 aromatic rings. The Labute approximate surface area is 245 Å². The molecule has 0 amide bonds. The van der Waals surface area contributed by atoms with Gasteiger partial charge in [0.25, 0.3) is 0 Å². The molecule has 3 nitrogen and oxygen atoms in total. The molecule has 9 rings (SSSR count). The van der Waals surface area contributed by atoms with Crippen molar-refractivity contribution in [1.82, 2.24) is 9.97 Å². The van der Waals surface area contributed by atoms with E-state index in [2.05, 4.69) is 103 Å². The van der Waals surface area contributed by atoms with Crippen LogP contribution in [0.2, 0.25) is 0 Å². The molecule has 0 atom stereocenters. The standard InChI is InChI=1S/C38H22N2OS/c1-2-7-23(8-3-1)26-14-17-35-29(20-26)30-21-28(15-18-36(30)42-35)25-10-6-9-24(19-25)27-13-16-34-31(22-27)37-38(41-34)40-33-12-5-4-11-32(33)39-37/h1-22H. The van der Waals surface area contributed by atoms with E-state index >= 15 is 0 Å². The summed E-state index contributed by atoms with van der Waals surface area (Å²) < 4.78 is 8.70. The van der Waals surface area contributed by atoms with E-state index in [1.54, 1.807) is 0 Å². The summed E-state index contributed by atoms with van der Waals surface area (Å²) in [5.74, 6) is 0. The Balaban J connectivity index is 1.14. The Morgan fingerprint density at radius 2 is 0.976 bits per heavy atom. The van der Waals surface area contributed by atoms with Gasteiger partial charge in [-0.15, -0.1) is 11.3 Å². The summed E-state index contributed by atoms with van der Waals surface area (Å²) >= 11 is 1.85. The van der Waals surface area contributed by atoms with Crippen LogP contribution in [0.25, 0.3) is 86.8 Å². The number of benzene rings is 6. The number of thiophene rings is 1. The number of rotatable bonds is 3. The van der Waals surface area contributed by atoms with Gasteiger partial charge in [0, 0.05) is 25.6 Å². The van der Waals surface area contributed by atoms with Crippen LogP contribution in [-0.4, -0.2) is 9.97 Å². The molecular formula is C38H22N2OS. The van der Waals surface area contributed by atoms with E-state index in [4.69, 9.17) is 14.4 Å². The van der Waals surface area contributed by atoms with Crippen LogP contribution in [0.3, 0.4) is 0 Å². The summed E-state index contributed by atoms with van der Waals surface area (Å²) in [6.45, 7) is 0. The van der Waals surface area contributed by atoms with E-state index in [0.29, 0.717) is 5.71 Å². The fraction of sp³-hybridized carbons (Fsp3) is 0. The van der Waals surface area contributed by atoms with E-state index < -0.39 is 0 Å². The highest BCUT2D eigenvalue weighted by Crippen LogP contribution is 2.39. The molecule has 0 saturated carbocycles. The minimum absolute atomic E-state index is 0.571. The van der Waals surface area contributed by atoms with Crippen LogP contribution in [0.4, 0.5) is 0 Å². The van der Waals surface area contributed by atoms with Crippen molar-refractivity contribution < 1.29 is 4.42 Å². The number of hydrogen-bond acceptors (Lipinski definition) is 4.